The summed E-state index contributed by atoms with van der Waals surface area (Å²) in [6, 6.07) is 0. The molecular formula is C10H16O5. The van der Waals surface area contributed by atoms with Crippen molar-refractivity contribution in [3.05, 3.63) is 11.6 Å². The molecule has 1 aliphatic rings. The molecule has 0 fully saturated rings. The standard InChI is InChI=1S/C10H16O5/c11-2-1-3-15-9-5-7(10(13)14)4-8(12)6-9/h4,8-9,11-12H,1-3,5-6H2,(H,13,14)/t8-,9+/m0/s1. The van der Waals surface area contributed by atoms with Crippen molar-refractivity contribution in [3.8, 4) is 0 Å². The second-order valence-corrected chi connectivity index (χ2v) is 3.57. The second-order valence-electron chi connectivity index (χ2n) is 3.57. The molecule has 15 heavy (non-hydrogen) atoms. The minimum Gasteiger partial charge on any atom is -0.478 e. The first kappa shape index (κ1) is 12.2. The number of aliphatic hydroxyl groups excluding tert-OH is 2. The molecule has 1 aliphatic carbocycles. The van der Waals surface area contributed by atoms with Crippen LogP contribution in [-0.2, 0) is 9.53 Å². The molecule has 86 valence electrons. The average Bonchev–Trinajstić information content (AvgIpc) is 2.17. The van der Waals surface area contributed by atoms with E-state index in [1.54, 1.807) is 0 Å². The largest absolute Gasteiger partial charge is 0.478 e. The molecule has 0 aromatic heterocycles. The molecule has 3 N–H and O–H groups in total. The summed E-state index contributed by atoms with van der Waals surface area (Å²) in [4.78, 5) is 10.7. The van der Waals surface area contributed by atoms with Crippen LogP contribution in [0, 0.1) is 0 Å². The monoisotopic (exact) mass is 216 g/mol. The number of ether oxygens (including phenoxy) is 1. The molecule has 0 radical (unpaired) electrons. The zero-order chi connectivity index (χ0) is 11.3. The Balaban J connectivity index is 2.43. The van der Waals surface area contributed by atoms with Gasteiger partial charge in [-0.15, -0.1) is 0 Å². The predicted octanol–water partition coefficient (Wildman–Crippen LogP) is -0.0803. The van der Waals surface area contributed by atoms with E-state index in [4.69, 9.17) is 14.9 Å². The summed E-state index contributed by atoms with van der Waals surface area (Å²) in [6.45, 7) is 0.442. The number of carboxylic acid groups (broad SMARTS) is 1. The van der Waals surface area contributed by atoms with Crippen molar-refractivity contribution in [1.29, 1.82) is 0 Å². The summed E-state index contributed by atoms with van der Waals surface area (Å²) in [5.74, 6) is -1.01. The molecule has 2 atom stereocenters. The lowest BCUT2D eigenvalue weighted by molar-refractivity contribution is -0.133. The van der Waals surface area contributed by atoms with E-state index in [0.717, 1.165) is 0 Å². The quantitative estimate of drug-likeness (QED) is 0.559. The highest BCUT2D eigenvalue weighted by Crippen LogP contribution is 2.21. The van der Waals surface area contributed by atoms with E-state index in [1.807, 2.05) is 0 Å². The highest BCUT2D eigenvalue weighted by molar-refractivity contribution is 5.86. The van der Waals surface area contributed by atoms with Crippen molar-refractivity contribution in [1.82, 2.24) is 0 Å². The van der Waals surface area contributed by atoms with Crippen LogP contribution in [0.15, 0.2) is 11.6 Å². The van der Waals surface area contributed by atoms with Crippen LogP contribution in [0.4, 0.5) is 0 Å². The molecule has 0 saturated carbocycles. The number of aliphatic hydroxyl groups is 2. The molecule has 0 aliphatic heterocycles. The van der Waals surface area contributed by atoms with Gasteiger partial charge in [0.1, 0.15) is 0 Å². The van der Waals surface area contributed by atoms with Gasteiger partial charge in [-0.05, 0) is 12.5 Å². The number of rotatable bonds is 5. The predicted molar refractivity (Wildman–Crippen MR) is 52.4 cm³/mol. The van der Waals surface area contributed by atoms with Crippen molar-refractivity contribution in [2.45, 2.75) is 31.5 Å². The third kappa shape index (κ3) is 3.99. The molecule has 5 heteroatoms. The summed E-state index contributed by atoms with van der Waals surface area (Å²) in [7, 11) is 0. The molecule has 5 nitrogen and oxygen atoms in total. The van der Waals surface area contributed by atoms with E-state index in [2.05, 4.69) is 0 Å². The van der Waals surface area contributed by atoms with Crippen molar-refractivity contribution < 1.29 is 24.9 Å². The second kappa shape index (κ2) is 5.85. The van der Waals surface area contributed by atoms with Crippen molar-refractivity contribution in [3.63, 3.8) is 0 Å². The topological polar surface area (TPSA) is 87.0 Å². The molecule has 0 unspecified atom stereocenters. The molecule has 0 amide bonds. The average molecular weight is 216 g/mol. The maximum absolute atomic E-state index is 10.7. The first-order valence-electron chi connectivity index (χ1n) is 4.98. The summed E-state index contributed by atoms with van der Waals surface area (Å²) in [5, 5.41) is 26.7. The Labute approximate surface area is 88.0 Å². The third-order valence-electron chi connectivity index (χ3n) is 2.28. The highest BCUT2D eigenvalue weighted by atomic mass is 16.5. The van der Waals surface area contributed by atoms with Gasteiger partial charge in [-0.3, -0.25) is 0 Å². The zero-order valence-electron chi connectivity index (χ0n) is 8.43. The molecule has 0 aromatic carbocycles. The van der Waals surface area contributed by atoms with E-state index < -0.39 is 12.1 Å². The number of hydrogen-bond donors (Lipinski definition) is 3. The summed E-state index contributed by atoms with van der Waals surface area (Å²) < 4.78 is 5.35. The van der Waals surface area contributed by atoms with E-state index in [0.29, 0.717) is 25.9 Å². The zero-order valence-corrected chi connectivity index (χ0v) is 8.43. The maximum Gasteiger partial charge on any atom is 0.331 e. The number of aliphatic carboxylic acids is 1. The van der Waals surface area contributed by atoms with Crippen molar-refractivity contribution in [2.24, 2.45) is 0 Å². The van der Waals surface area contributed by atoms with Gasteiger partial charge in [-0.2, -0.15) is 0 Å². The fourth-order valence-electron chi connectivity index (χ4n) is 1.57. The van der Waals surface area contributed by atoms with Crippen LogP contribution < -0.4 is 0 Å². The Morgan fingerprint density at radius 2 is 2.33 bits per heavy atom. The van der Waals surface area contributed by atoms with Crippen LogP contribution >= 0.6 is 0 Å². The highest BCUT2D eigenvalue weighted by Gasteiger charge is 2.24. The lowest BCUT2D eigenvalue weighted by atomic mass is 9.95. The summed E-state index contributed by atoms with van der Waals surface area (Å²) in [6.07, 6.45) is 1.61. The van der Waals surface area contributed by atoms with Crippen LogP contribution in [-0.4, -0.2) is 46.7 Å². The SMILES string of the molecule is O=C(O)C1=C[C@H](O)C[C@H](OCCCO)C1. The van der Waals surface area contributed by atoms with Crippen LogP contribution in [0.3, 0.4) is 0 Å². The first-order chi connectivity index (χ1) is 7.13. The lowest BCUT2D eigenvalue weighted by Gasteiger charge is -2.24. The Hall–Kier alpha value is -0.910. The van der Waals surface area contributed by atoms with Gasteiger partial charge in [0, 0.05) is 31.6 Å². The van der Waals surface area contributed by atoms with E-state index in [-0.39, 0.29) is 18.3 Å². The van der Waals surface area contributed by atoms with Crippen molar-refractivity contribution >= 4 is 5.97 Å². The van der Waals surface area contributed by atoms with E-state index in [9.17, 15) is 9.90 Å². The van der Waals surface area contributed by atoms with Gasteiger partial charge < -0.3 is 20.1 Å². The molecule has 1 rings (SSSR count). The van der Waals surface area contributed by atoms with E-state index in [1.165, 1.54) is 6.08 Å². The third-order valence-corrected chi connectivity index (χ3v) is 2.28. The Bertz CT molecular complexity index is 248. The number of carbonyl (C=O) groups is 1. The summed E-state index contributed by atoms with van der Waals surface area (Å²) >= 11 is 0. The number of carboxylic acids is 1. The van der Waals surface area contributed by atoms with Crippen LogP contribution in [0.25, 0.3) is 0 Å². The molecule has 0 bridgehead atoms. The normalized spacial score (nSPS) is 26.1. The minimum atomic E-state index is -1.01. The van der Waals surface area contributed by atoms with Crippen LogP contribution in [0.1, 0.15) is 19.3 Å². The van der Waals surface area contributed by atoms with Gasteiger partial charge >= 0.3 is 5.97 Å². The van der Waals surface area contributed by atoms with Crippen molar-refractivity contribution in [2.75, 3.05) is 13.2 Å². The molecule has 0 heterocycles. The Morgan fingerprint density at radius 3 is 2.93 bits per heavy atom. The van der Waals surface area contributed by atoms with Crippen LogP contribution in [0.5, 0.6) is 0 Å². The lowest BCUT2D eigenvalue weighted by Crippen LogP contribution is -2.27. The number of hydrogen-bond acceptors (Lipinski definition) is 4. The van der Waals surface area contributed by atoms with Gasteiger partial charge in [-0.1, -0.05) is 0 Å². The van der Waals surface area contributed by atoms with Gasteiger partial charge in [0.05, 0.1) is 12.2 Å². The summed E-state index contributed by atoms with van der Waals surface area (Å²) in [5.41, 5.74) is 0.197. The fourth-order valence-corrected chi connectivity index (χ4v) is 1.57. The smallest absolute Gasteiger partial charge is 0.331 e. The van der Waals surface area contributed by atoms with Gasteiger partial charge in [0.2, 0.25) is 0 Å². The molecule has 0 aromatic rings. The Kier molecular flexibility index (Phi) is 4.74. The maximum atomic E-state index is 10.7. The van der Waals surface area contributed by atoms with Gasteiger partial charge in [-0.25, -0.2) is 4.79 Å². The van der Waals surface area contributed by atoms with Gasteiger partial charge in [0.15, 0.2) is 0 Å². The Morgan fingerprint density at radius 1 is 1.60 bits per heavy atom. The molecule has 0 spiro atoms. The molecular weight excluding hydrogens is 200 g/mol. The van der Waals surface area contributed by atoms with E-state index >= 15 is 0 Å². The molecule has 0 saturated heterocycles. The first-order valence-corrected chi connectivity index (χ1v) is 4.98. The van der Waals surface area contributed by atoms with Gasteiger partial charge in [0.25, 0.3) is 0 Å². The fraction of sp³-hybridized carbons (Fsp3) is 0.700. The minimum absolute atomic E-state index is 0.0525. The van der Waals surface area contributed by atoms with Crippen LogP contribution in [0.2, 0.25) is 0 Å².